The molecule has 0 amide bonds. The summed E-state index contributed by atoms with van der Waals surface area (Å²) in [5.74, 6) is -0.335. The Bertz CT molecular complexity index is 343. The van der Waals surface area contributed by atoms with Crippen molar-refractivity contribution in [2.75, 3.05) is 6.61 Å². The fourth-order valence-corrected chi connectivity index (χ4v) is 1.41. The fraction of sp³-hybridized carbons (Fsp3) is 0.364. The van der Waals surface area contributed by atoms with Crippen molar-refractivity contribution in [2.45, 2.75) is 18.9 Å². The van der Waals surface area contributed by atoms with Crippen LogP contribution in [0.5, 0.6) is 0 Å². The van der Waals surface area contributed by atoms with Crippen LogP contribution >= 0.6 is 0 Å². The number of carbonyl (C=O) groups excluding carboxylic acids is 1. The van der Waals surface area contributed by atoms with E-state index in [1.807, 2.05) is 6.08 Å². The molecule has 1 atom stereocenters. The molecule has 2 heterocycles. The van der Waals surface area contributed by atoms with Crippen molar-refractivity contribution in [3.8, 4) is 0 Å². The molecule has 0 radical (unpaired) electrons. The normalized spacial score (nSPS) is 19.6. The second-order valence-electron chi connectivity index (χ2n) is 3.39. The second kappa shape index (κ2) is 4.68. The Morgan fingerprint density at radius 1 is 1.67 bits per heavy atom. The summed E-state index contributed by atoms with van der Waals surface area (Å²) in [7, 11) is 0. The third-order valence-corrected chi connectivity index (χ3v) is 2.24. The average Bonchev–Trinajstić information content (AvgIpc) is 2.81. The number of nitrogens with one attached hydrogen (secondary N) is 1. The molecule has 1 N–H and O–H groups in total. The number of aromatic nitrogens is 1. The highest BCUT2D eigenvalue weighted by Gasteiger charge is 2.14. The maximum absolute atomic E-state index is 11.4. The van der Waals surface area contributed by atoms with E-state index in [9.17, 15) is 4.79 Å². The first kappa shape index (κ1) is 9.83. The van der Waals surface area contributed by atoms with Gasteiger partial charge in [-0.2, -0.15) is 0 Å². The van der Waals surface area contributed by atoms with E-state index in [1.165, 1.54) is 0 Å². The minimum atomic E-state index is -0.335. The SMILES string of the molecule is O=C(OCC1CCC=CO1)c1ccc[nH]1. The van der Waals surface area contributed by atoms with Crippen LogP contribution in [0.15, 0.2) is 30.7 Å². The number of H-pyrrole nitrogens is 1. The monoisotopic (exact) mass is 207 g/mol. The molecule has 0 aromatic carbocycles. The molecule has 0 saturated carbocycles. The fourth-order valence-electron chi connectivity index (χ4n) is 1.41. The smallest absolute Gasteiger partial charge is 0.354 e. The van der Waals surface area contributed by atoms with Crippen LogP contribution in [0.2, 0.25) is 0 Å². The molecular weight excluding hydrogens is 194 g/mol. The molecular formula is C11H13NO3. The van der Waals surface area contributed by atoms with Crippen molar-refractivity contribution in [2.24, 2.45) is 0 Å². The summed E-state index contributed by atoms with van der Waals surface area (Å²) >= 11 is 0. The van der Waals surface area contributed by atoms with Crippen LogP contribution in [0.1, 0.15) is 23.3 Å². The Labute approximate surface area is 87.9 Å². The number of rotatable bonds is 3. The van der Waals surface area contributed by atoms with Crippen LogP contribution in [-0.2, 0) is 9.47 Å². The van der Waals surface area contributed by atoms with Crippen molar-refractivity contribution in [1.29, 1.82) is 0 Å². The van der Waals surface area contributed by atoms with Gasteiger partial charge in [0.15, 0.2) is 0 Å². The molecule has 1 aliphatic heterocycles. The summed E-state index contributed by atoms with van der Waals surface area (Å²) in [4.78, 5) is 14.2. The van der Waals surface area contributed by atoms with Gasteiger partial charge in [-0.1, -0.05) is 0 Å². The molecule has 4 nitrogen and oxygen atoms in total. The van der Waals surface area contributed by atoms with E-state index in [-0.39, 0.29) is 12.1 Å². The lowest BCUT2D eigenvalue weighted by atomic mass is 10.2. The molecule has 80 valence electrons. The molecule has 15 heavy (non-hydrogen) atoms. The number of aromatic amines is 1. The first-order valence-electron chi connectivity index (χ1n) is 4.97. The van der Waals surface area contributed by atoms with Gasteiger partial charge in [-0.3, -0.25) is 0 Å². The van der Waals surface area contributed by atoms with E-state index < -0.39 is 0 Å². The van der Waals surface area contributed by atoms with E-state index in [1.54, 1.807) is 24.6 Å². The highest BCUT2D eigenvalue weighted by Crippen LogP contribution is 2.11. The first-order valence-corrected chi connectivity index (χ1v) is 4.97. The van der Waals surface area contributed by atoms with Crippen molar-refractivity contribution < 1.29 is 14.3 Å². The molecule has 4 heteroatoms. The summed E-state index contributed by atoms with van der Waals surface area (Å²) in [5, 5.41) is 0. The molecule has 0 aliphatic carbocycles. The zero-order chi connectivity index (χ0) is 10.5. The lowest BCUT2D eigenvalue weighted by molar-refractivity contribution is 0.0160. The predicted octanol–water partition coefficient (Wildman–Crippen LogP) is 1.86. The van der Waals surface area contributed by atoms with Crippen molar-refractivity contribution in [3.05, 3.63) is 36.4 Å². The number of allylic oxidation sites excluding steroid dienone is 1. The largest absolute Gasteiger partial charge is 0.495 e. The summed E-state index contributed by atoms with van der Waals surface area (Å²) in [6.07, 6.45) is 7.18. The first-order chi connectivity index (χ1) is 7.36. The number of esters is 1. The molecule has 0 fully saturated rings. The van der Waals surface area contributed by atoms with Crippen molar-refractivity contribution >= 4 is 5.97 Å². The maximum Gasteiger partial charge on any atom is 0.354 e. The molecule has 0 saturated heterocycles. The van der Waals surface area contributed by atoms with E-state index in [2.05, 4.69) is 4.98 Å². The third-order valence-electron chi connectivity index (χ3n) is 2.24. The Morgan fingerprint density at radius 3 is 3.27 bits per heavy atom. The van der Waals surface area contributed by atoms with Gasteiger partial charge in [0.2, 0.25) is 0 Å². The standard InChI is InChI=1S/C11H13NO3/c13-11(10-5-3-6-12-10)15-8-9-4-1-2-7-14-9/h2-3,5-7,9,12H,1,4,8H2. The highest BCUT2D eigenvalue weighted by atomic mass is 16.6. The molecule has 2 rings (SSSR count). The molecule has 1 aromatic heterocycles. The van der Waals surface area contributed by atoms with Gasteiger partial charge in [0.25, 0.3) is 0 Å². The van der Waals surface area contributed by atoms with E-state index in [0.717, 1.165) is 12.8 Å². The predicted molar refractivity (Wildman–Crippen MR) is 54.3 cm³/mol. The van der Waals surface area contributed by atoms with Crippen molar-refractivity contribution in [1.82, 2.24) is 4.98 Å². The van der Waals surface area contributed by atoms with Gasteiger partial charge in [0.1, 0.15) is 18.4 Å². The Hall–Kier alpha value is -1.71. The molecule has 1 aromatic rings. The van der Waals surface area contributed by atoms with Crippen molar-refractivity contribution in [3.63, 3.8) is 0 Å². The number of carbonyl (C=O) groups is 1. The topological polar surface area (TPSA) is 51.3 Å². The van der Waals surface area contributed by atoms with Crippen LogP contribution in [0, 0.1) is 0 Å². The molecule has 1 unspecified atom stereocenters. The number of hydrogen-bond acceptors (Lipinski definition) is 3. The average molecular weight is 207 g/mol. The summed E-state index contributed by atoms with van der Waals surface area (Å²) in [6.45, 7) is 0.308. The van der Waals surface area contributed by atoms with Gasteiger partial charge in [0, 0.05) is 6.20 Å². The molecule has 0 spiro atoms. The second-order valence-corrected chi connectivity index (χ2v) is 3.39. The highest BCUT2D eigenvalue weighted by molar-refractivity contribution is 5.87. The van der Waals surface area contributed by atoms with Crippen LogP contribution in [0.25, 0.3) is 0 Å². The molecule has 0 bridgehead atoms. The van der Waals surface area contributed by atoms with E-state index in [0.29, 0.717) is 12.3 Å². The Kier molecular flexibility index (Phi) is 3.07. The molecule has 1 aliphatic rings. The van der Waals surface area contributed by atoms with Gasteiger partial charge < -0.3 is 14.5 Å². The minimum absolute atomic E-state index is 0.00564. The van der Waals surface area contributed by atoms with Crippen LogP contribution in [-0.4, -0.2) is 23.7 Å². The van der Waals surface area contributed by atoms with Gasteiger partial charge in [-0.05, 0) is 31.1 Å². The van der Waals surface area contributed by atoms with E-state index >= 15 is 0 Å². The summed E-state index contributed by atoms with van der Waals surface area (Å²) < 4.78 is 10.4. The van der Waals surface area contributed by atoms with E-state index in [4.69, 9.17) is 9.47 Å². The summed E-state index contributed by atoms with van der Waals surface area (Å²) in [5.41, 5.74) is 0.473. The van der Waals surface area contributed by atoms with Gasteiger partial charge in [-0.15, -0.1) is 0 Å². The summed E-state index contributed by atoms with van der Waals surface area (Å²) in [6, 6.07) is 3.44. The Morgan fingerprint density at radius 2 is 2.60 bits per heavy atom. The quantitative estimate of drug-likeness (QED) is 0.770. The zero-order valence-electron chi connectivity index (χ0n) is 8.31. The third kappa shape index (κ3) is 2.62. The van der Waals surface area contributed by atoms with Gasteiger partial charge in [0.05, 0.1) is 6.26 Å². The van der Waals surface area contributed by atoms with Gasteiger partial charge >= 0.3 is 5.97 Å². The number of hydrogen-bond donors (Lipinski definition) is 1. The maximum atomic E-state index is 11.4. The van der Waals surface area contributed by atoms with Crippen LogP contribution < -0.4 is 0 Å². The van der Waals surface area contributed by atoms with Gasteiger partial charge in [-0.25, -0.2) is 4.79 Å². The van der Waals surface area contributed by atoms with Crippen LogP contribution in [0.3, 0.4) is 0 Å². The Balaban J connectivity index is 1.78. The lowest BCUT2D eigenvalue weighted by Gasteiger charge is -2.18. The lowest BCUT2D eigenvalue weighted by Crippen LogP contribution is -2.22. The number of ether oxygens (including phenoxy) is 2. The van der Waals surface area contributed by atoms with Crippen LogP contribution in [0.4, 0.5) is 0 Å². The zero-order valence-corrected chi connectivity index (χ0v) is 8.31. The minimum Gasteiger partial charge on any atom is -0.495 e.